The van der Waals surface area contributed by atoms with Gasteiger partial charge in [-0.25, -0.2) is 0 Å². The molecule has 0 saturated heterocycles. The zero-order chi connectivity index (χ0) is 15.5. The minimum Gasteiger partial charge on any atom is -0.467 e. The van der Waals surface area contributed by atoms with Crippen molar-refractivity contribution in [3.63, 3.8) is 0 Å². The molecule has 1 aliphatic rings. The molecule has 7 heteroatoms. The molecule has 3 rings (SSSR count). The van der Waals surface area contributed by atoms with Crippen molar-refractivity contribution in [2.75, 3.05) is 0 Å². The fraction of sp³-hybridized carbons (Fsp3) is 0.400. The van der Waals surface area contributed by atoms with E-state index in [4.69, 9.17) is 8.94 Å². The first-order valence-corrected chi connectivity index (χ1v) is 7.18. The van der Waals surface area contributed by atoms with Crippen molar-refractivity contribution in [3.05, 3.63) is 41.2 Å². The van der Waals surface area contributed by atoms with Crippen LogP contribution in [0, 0.1) is 0 Å². The van der Waals surface area contributed by atoms with Crippen LogP contribution in [0.1, 0.15) is 40.9 Å². The normalized spacial score (nSPS) is 16.9. The van der Waals surface area contributed by atoms with Gasteiger partial charge in [0, 0.05) is 24.9 Å². The first kappa shape index (κ1) is 14.4. The predicted octanol–water partition coefficient (Wildman–Crippen LogP) is 1.19. The molecule has 7 nitrogen and oxygen atoms in total. The van der Waals surface area contributed by atoms with Crippen LogP contribution in [0.2, 0.25) is 0 Å². The summed E-state index contributed by atoms with van der Waals surface area (Å²) >= 11 is 0. The number of rotatable bonds is 4. The number of carbonyl (C=O) groups excluding carboxylic acids is 2. The maximum absolute atomic E-state index is 12.2. The molecular weight excluding hydrogens is 286 g/mol. The van der Waals surface area contributed by atoms with Gasteiger partial charge in [0.05, 0.1) is 12.8 Å². The molecule has 2 heterocycles. The summed E-state index contributed by atoms with van der Waals surface area (Å²) in [5.74, 6) is 1.02. The molecule has 1 aliphatic carbocycles. The van der Waals surface area contributed by atoms with Crippen LogP contribution in [0.25, 0.3) is 0 Å². The number of carbonyl (C=O) groups is 2. The highest BCUT2D eigenvalue weighted by Crippen LogP contribution is 2.24. The Labute approximate surface area is 127 Å². The van der Waals surface area contributed by atoms with Crippen molar-refractivity contribution in [2.24, 2.45) is 0 Å². The summed E-state index contributed by atoms with van der Waals surface area (Å²) in [7, 11) is 0. The van der Waals surface area contributed by atoms with Crippen molar-refractivity contribution in [3.8, 4) is 0 Å². The second-order valence-electron chi connectivity index (χ2n) is 5.34. The molecule has 1 unspecified atom stereocenters. The van der Waals surface area contributed by atoms with E-state index in [0.29, 0.717) is 25.1 Å². The van der Waals surface area contributed by atoms with Crippen LogP contribution >= 0.6 is 0 Å². The van der Waals surface area contributed by atoms with Crippen LogP contribution in [0.5, 0.6) is 0 Å². The largest absolute Gasteiger partial charge is 0.467 e. The molecule has 2 aromatic rings. The zero-order valence-corrected chi connectivity index (χ0v) is 12.2. The van der Waals surface area contributed by atoms with E-state index in [1.807, 2.05) is 0 Å². The van der Waals surface area contributed by atoms with Crippen LogP contribution < -0.4 is 10.6 Å². The number of hydrogen-bond donors (Lipinski definition) is 2. The topological polar surface area (TPSA) is 97.4 Å². The van der Waals surface area contributed by atoms with E-state index < -0.39 is 0 Å². The second-order valence-corrected chi connectivity index (χ2v) is 5.34. The van der Waals surface area contributed by atoms with E-state index in [0.717, 1.165) is 17.7 Å². The standard InChI is InChI=1S/C15H17N3O4/c1-9(19)17-10-4-5-13-12(7-10)14(18-22-13)15(20)16-8-11-3-2-6-21-11/h2-3,6,10H,4-5,7-8H2,1H3,(H,16,20)(H,17,19). The van der Waals surface area contributed by atoms with Gasteiger partial charge in [0.2, 0.25) is 5.91 Å². The monoisotopic (exact) mass is 303 g/mol. The molecule has 2 N–H and O–H groups in total. The molecule has 2 aromatic heterocycles. The number of furan rings is 1. The molecule has 0 radical (unpaired) electrons. The number of aryl methyl sites for hydroxylation is 1. The average molecular weight is 303 g/mol. The Kier molecular flexibility index (Phi) is 3.95. The van der Waals surface area contributed by atoms with E-state index >= 15 is 0 Å². The van der Waals surface area contributed by atoms with Gasteiger partial charge in [-0.3, -0.25) is 9.59 Å². The minimum atomic E-state index is -0.301. The summed E-state index contributed by atoms with van der Waals surface area (Å²) in [5, 5.41) is 9.51. The quantitative estimate of drug-likeness (QED) is 0.884. The van der Waals surface area contributed by atoms with Crippen molar-refractivity contribution >= 4 is 11.8 Å². The van der Waals surface area contributed by atoms with Crippen LogP contribution in [0.15, 0.2) is 27.3 Å². The Morgan fingerprint density at radius 1 is 1.45 bits per heavy atom. The van der Waals surface area contributed by atoms with Gasteiger partial charge >= 0.3 is 0 Å². The maximum atomic E-state index is 12.2. The van der Waals surface area contributed by atoms with E-state index in [1.54, 1.807) is 18.4 Å². The van der Waals surface area contributed by atoms with Crippen LogP contribution in [-0.2, 0) is 24.2 Å². The highest BCUT2D eigenvalue weighted by molar-refractivity contribution is 5.93. The number of nitrogens with zero attached hydrogens (tertiary/aromatic N) is 1. The summed E-state index contributed by atoms with van der Waals surface area (Å²) in [6, 6.07) is 3.56. The average Bonchev–Trinajstić information content (AvgIpc) is 3.13. The third kappa shape index (κ3) is 3.03. The van der Waals surface area contributed by atoms with Crippen LogP contribution in [-0.4, -0.2) is 23.0 Å². The fourth-order valence-corrected chi connectivity index (χ4v) is 2.66. The smallest absolute Gasteiger partial charge is 0.274 e. The lowest BCUT2D eigenvalue weighted by atomic mass is 9.92. The van der Waals surface area contributed by atoms with Gasteiger partial charge in [-0.1, -0.05) is 5.16 Å². The second kappa shape index (κ2) is 6.05. The predicted molar refractivity (Wildman–Crippen MR) is 76.0 cm³/mol. The lowest BCUT2D eigenvalue weighted by molar-refractivity contribution is -0.119. The number of amides is 2. The molecule has 0 bridgehead atoms. The van der Waals surface area contributed by atoms with E-state index in [9.17, 15) is 9.59 Å². The molecular formula is C15H17N3O4. The highest BCUT2D eigenvalue weighted by atomic mass is 16.5. The number of fused-ring (bicyclic) bond motifs is 1. The van der Waals surface area contributed by atoms with Gasteiger partial charge in [-0.15, -0.1) is 0 Å². The van der Waals surface area contributed by atoms with Gasteiger partial charge in [-0.2, -0.15) is 0 Å². The SMILES string of the molecule is CC(=O)NC1CCc2onc(C(=O)NCc3ccco3)c2C1. The van der Waals surface area contributed by atoms with E-state index in [1.165, 1.54) is 6.92 Å². The summed E-state index contributed by atoms with van der Waals surface area (Å²) < 4.78 is 10.4. The molecule has 0 saturated carbocycles. The summed E-state index contributed by atoms with van der Waals surface area (Å²) in [6.45, 7) is 1.78. The Hall–Kier alpha value is -2.57. The molecule has 0 aliphatic heterocycles. The van der Waals surface area contributed by atoms with Gasteiger partial charge < -0.3 is 19.6 Å². The number of nitrogens with one attached hydrogen (secondary N) is 2. The lowest BCUT2D eigenvalue weighted by Crippen LogP contribution is -2.38. The van der Waals surface area contributed by atoms with Crippen molar-refractivity contribution in [2.45, 2.75) is 38.8 Å². The molecule has 22 heavy (non-hydrogen) atoms. The van der Waals surface area contributed by atoms with Crippen molar-refractivity contribution < 1.29 is 18.5 Å². The Balaban J connectivity index is 1.69. The maximum Gasteiger partial charge on any atom is 0.274 e. The first-order chi connectivity index (χ1) is 10.6. The van der Waals surface area contributed by atoms with Crippen molar-refractivity contribution in [1.82, 2.24) is 15.8 Å². The van der Waals surface area contributed by atoms with Gasteiger partial charge in [0.25, 0.3) is 5.91 Å². The molecule has 0 aromatic carbocycles. The van der Waals surface area contributed by atoms with Crippen LogP contribution in [0.4, 0.5) is 0 Å². The van der Waals surface area contributed by atoms with E-state index in [-0.39, 0.29) is 23.6 Å². The zero-order valence-electron chi connectivity index (χ0n) is 12.2. The first-order valence-electron chi connectivity index (χ1n) is 7.18. The van der Waals surface area contributed by atoms with Gasteiger partial charge in [0.1, 0.15) is 11.5 Å². The van der Waals surface area contributed by atoms with Crippen LogP contribution in [0.3, 0.4) is 0 Å². The minimum absolute atomic E-state index is 0.0148. The number of aromatic nitrogens is 1. The Morgan fingerprint density at radius 2 is 2.32 bits per heavy atom. The number of hydrogen-bond acceptors (Lipinski definition) is 5. The molecule has 2 amide bonds. The Bertz CT molecular complexity index is 675. The lowest BCUT2D eigenvalue weighted by Gasteiger charge is -2.21. The van der Waals surface area contributed by atoms with E-state index in [2.05, 4.69) is 15.8 Å². The molecule has 1 atom stereocenters. The summed E-state index contributed by atoms with van der Waals surface area (Å²) in [5.41, 5.74) is 1.07. The highest BCUT2D eigenvalue weighted by Gasteiger charge is 2.29. The molecule has 0 fully saturated rings. The third-order valence-electron chi connectivity index (χ3n) is 3.67. The van der Waals surface area contributed by atoms with Gasteiger partial charge in [0.15, 0.2) is 5.69 Å². The molecule has 0 spiro atoms. The summed E-state index contributed by atoms with van der Waals surface area (Å²) in [6.07, 6.45) is 3.56. The Morgan fingerprint density at radius 3 is 3.05 bits per heavy atom. The van der Waals surface area contributed by atoms with Gasteiger partial charge in [-0.05, 0) is 25.0 Å². The molecule has 116 valence electrons. The fourth-order valence-electron chi connectivity index (χ4n) is 2.66. The third-order valence-corrected chi connectivity index (χ3v) is 3.67. The summed E-state index contributed by atoms with van der Waals surface area (Å²) in [4.78, 5) is 23.4. The van der Waals surface area contributed by atoms with Crippen molar-refractivity contribution in [1.29, 1.82) is 0 Å².